The molecule has 1 aliphatic heterocycles. The minimum absolute atomic E-state index is 0.120. The van der Waals surface area contributed by atoms with Crippen LogP contribution in [0.2, 0.25) is 0 Å². The molecule has 0 saturated heterocycles. The number of hydrogen-bond donors (Lipinski definition) is 2. The first-order valence-electron chi connectivity index (χ1n) is 10.7. The first kappa shape index (κ1) is 21.4. The van der Waals surface area contributed by atoms with Crippen molar-refractivity contribution in [2.45, 2.75) is 37.1 Å². The fraction of sp³-hybridized carbons (Fsp3) is 0.318. The first-order chi connectivity index (χ1) is 16.0. The van der Waals surface area contributed by atoms with Gasteiger partial charge in [-0.15, -0.1) is 4.36 Å². The molecule has 2 aromatic heterocycles. The van der Waals surface area contributed by atoms with Gasteiger partial charge in [0.15, 0.2) is 9.92 Å². The van der Waals surface area contributed by atoms with E-state index >= 15 is 0 Å². The third kappa shape index (κ3) is 4.05. The number of aryl methyl sites for hydroxylation is 2. The van der Waals surface area contributed by atoms with Gasteiger partial charge >= 0.3 is 6.03 Å². The molecular weight excluding hydrogens is 444 g/mol. The van der Waals surface area contributed by atoms with Gasteiger partial charge in [-0.3, -0.25) is 0 Å². The van der Waals surface area contributed by atoms with E-state index in [4.69, 9.17) is 14.6 Å². The summed E-state index contributed by atoms with van der Waals surface area (Å²) in [5, 5.41) is 13.0. The Morgan fingerprint density at radius 1 is 1.30 bits per heavy atom. The van der Waals surface area contributed by atoms with Crippen molar-refractivity contribution in [1.29, 1.82) is 0 Å². The molecule has 1 aliphatic carbocycles. The third-order valence-corrected chi connectivity index (χ3v) is 7.16. The average molecular weight is 469 g/mol. The summed E-state index contributed by atoms with van der Waals surface area (Å²) < 4.78 is 29.4. The molecule has 0 saturated carbocycles. The Morgan fingerprint density at radius 2 is 2.18 bits per heavy atom. The molecule has 2 aliphatic rings. The summed E-state index contributed by atoms with van der Waals surface area (Å²) in [7, 11) is -2.01. The maximum atomic E-state index is 13.2. The number of hydrogen-bond acceptors (Lipinski definition) is 6. The Morgan fingerprint density at radius 3 is 3.03 bits per heavy atom. The van der Waals surface area contributed by atoms with Crippen LogP contribution in [0.15, 0.2) is 45.9 Å². The van der Waals surface area contributed by atoms with Crippen molar-refractivity contribution < 1.29 is 18.5 Å². The molecule has 11 heteroatoms. The summed E-state index contributed by atoms with van der Waals surface area (Å²) in [5.41, 5.74) is 4.48. The van der Waals surface area contributed by atoms with Gasteiger partial charge in [0.05, 0.1) is 25.6 Å². The minimum atomic E-state index is -3.56. The fourth-order valence-corrected chi connectivity index (χ4v) is 5.29. The minimum Gasteiger partial charge on any atom is -0.481 e. The molecule has 0 fully saturated rings. The number of methoxy groups -OCH3 is 1. The van der Waals surface area contributed by atoms with Gasteiger partial charge in [0.2, 0.25) is 11.8 Å². The van der Waals surface area contributed by atoms with Crippen molar-refractivity contribution in [3.05, 3.63) is 47.8 Å². The lowest BCUT2D eigenvalue weighted by atomic mass is 9.98. The Kier molecular flexibility index (Phi) is 5.51. The number of rotatable bonds is 4. The molecule has 3 heterocycles. The van der Waals surface area contributed by atoms with Crippen LogP contribution in [0.25, 0.3) is 11.1 Å². The molecule has 172 valence electrons. The van der Waals surface area contributed by atoms with E-state index in [0.717, 1.165) is 42.4 Å². The highest BCUT2D eigenvalue weighted by Gasteiger charge is 2.25. The number of nitrogens with zero attached hydrogens (tertiary/aromatic N) is 4. The van der Waals surface area contributed by atoms with Gasteiger partial charge in [-0.1, -0.05) is 12.1 Å². The van der Waals surface area contributed by atoms with E-state index < -0.39 is 15.9 Å². The number of carbonyl (C=O) groups is 1. The summed E-state index contributed by atoms with van der Waals surface area (Å²) in [6.45, 7) is 1.10. The molecule has 3 N–H and O–H groups in total. The van der Waals surface area contributed by atoms with Gasteiger partial charge in [0.1, 0.15) is 4.90 Å². The topological polar surface area (TPSA) is 134 Å². The maximum absolute atomic E-state index is 13.2. The second-order valence-electron chi connectivity index (χ2n) is 7.90. The standard InChI is InChI=1S/C22H24N6O4S/c1-31-19-12-15(8-9-24-19)17-7-6-14-4-2-5-16(14)20(17)26-22(29)27-33(23,30)18-13-25-28-10-3-11-32-21(18)28/h6-9,12-13H,2-5,10-11H2,1H3,(H3,23,26,27,29,30)/t33-/m0/s1. The number of nitrogens with two attached hydrogens (primary N) is 1. The Hall–Kier alpha value is -3.44. The van der Waals surface area contributed by atoms with Crippen LogP contribution in [0.1, 0.15) is 24.0 Å². The number of carbonyl (C=O) groups excluding carboxylic acids is 1. The van der Waals surface area contributed by atoms with Crippen LogP contribution >= 0.6 is 0 Å². The molecule has 3 aromatic rings. The Labute approximate surface area is 191 Å². The van der Waals surface area contributed by atoms with Gasteiger partial charge in [0, 0.05) is 30.8 Å². The molecule has 2 amide bonds. The summed E-state index contributed by atoms with van der Waals surface area (Å²) >= 11 is 0. The molecule has 0 unspecified atom stereocenters. The van der Waals surface area contributed by atoms with Crippen LogP contribution in [0.5, 0.6) is 11.8 Å². The zero-order chi connectivity index (χ0) is 23.0. The van der Waals surface area contributed by atoms with Crippen LogP contribution in [0, 0.1) is 0 Å². The normalized spacial score (nSPS) is 16.2. The number of nitrogens with one attached hydrogen (secondary N) is 1. The van der Waals surface area contributed by atoms with Crippen molar-refractivity contribution in [3.63, 3.8) is 0 Å². The molecule has 1 atom stereocenters. The van der Waals surface area contributed by atoms with Gasteiger partial charge < -0.3 is 14.8 Å². The highest BCUT2D eigenvalue weighted by molar-refractivity contribution is 7.91. The Balaban J connectivity index is 1.52. The predicted octanol–water partition coefficient (Wildman–Crippen LogP) is 3.16. The van der Waals surface area contributed by atoms with Crippen LogP contribution in [-0.2, 0) is 29.3 Å². The number of fused-ring (bicyclic) bond motifs is 2. The lowest BCUT2D eigenvalue weighted by Crippen LogP contribution is -2.21. The van der Waals surface area contributed by atoms with Crippen molar-refractivity contribution in [3.8, 4) is 22.9 Å². The summed E-state index contributed by atoms with van der Waals surface area (Å²) in [5.74, 6) is 0.765. The van der Waals surface area contributed by atoms with Crippen LogP contribution in [-0.4, -0.2) is 38.7 Å². The highest BCUT2D eigenvalue weighted by Crippen LogP contribution is 2.38. The molecule has 0 bridgehead atoms. The van der Waals surface area contributed by atoms with Crippen molar-refractivity contribution in [1.82, 2.24) is 14.8 Å². The fourth-order valence-electron chi connectivity index (χ4n) is 4.29. The number of urea groups is 1. The largest absolute Gasteiger partial charge is 0.481 e. The summed E-state index contributed by atoms with van der Waals surface area (Å²) in [6, 6.07) is 6.87. The van der Waals surface area contributed by atoms with Crippen LogP contribution < -0.4 is 19.9 Å². The van der Waals surface area contributed by atoms with Gasteiger partial charge in [0.25, 0.3) is 0 Å². The molecule has 5 rings (SSSR count). The van der Waals surface area contributed by atoms with Crippen molar-refractivity contribution in [2.24, 2.45) is 9.50 Å². The zero-order valence-electron chi connectivity index (χ0n) is 18.1. The van der Waals surface area contributed by atoms with Crippen LogP contribution in [0.4, 0.5) is 10.5 Å². The average Bonchev–Trinajstić information content (AvgIpc) is 3.46. The van der Waals surface area contributed by atoms with E-state index in [0.29, 0.717) is 30.6 Å². The molecule has 33 heavy (non-hydrogen) atoms. The Bertz CT molecular complexity index is 1360. The third-order valence-electron chi connectivity index (χ3n) is 5.82. The molecule has 0 radical (unpaired) electrons. The number of aromatic nitrogens is 3. The zero-order valence-corrected chi connectivity index (χ0v) is 18.9. The van der Waals surface area contributed by atoms with E-state index in [-0.39, 0.29) is 4.90 Å². The number of anilines is 1. The van der Waals surface area contributed by atoms with Crippen molar-refractivity contribution >= 4 is 21.6 Å². The van der Waals surface area contributed by atoms with E-state index in [1.807, 2.05) is 12.1 Å². The summed E-state index contributed by atoms with van der Waals surface area (Å²) in [4.78, 5) is 17.2. The van der Waals surface area contributed by atoms with Crippen molar-refractivity contribution in [2.75, 3.05) is 19.0 Å². The molecule has 1 aromatic carbocycles. The van der Waals surface area contributed by atoms with E-state index in [1.165, 1.54) is 11.8 Å². The SMILES string of the molecule is COc1cc(-c2ccc3c(c2NC(=O)N=[S@](N)(=O)c2cnn4c2OCCC4)CCC3)ccn1. The van der Waals surface area contributed by atoms with Gasteiger partial charge in [-0.25, -0.2) is 23.8 Å². The summed E-state index contributed by atoms with van der Waals surface area (Å²) in [6.07, 6.45) is 6.54. The van der Waals surface area contributed by atoms with Gasteiger partial charge in [-0.05, 0) is 42.0 Å². The second kappa shape index (κ2) is 8.49. The predicted molar refractivity (Wildman–Crippen MR) is 123 cm³/mol. The first-order valence-corrected chi connectivity index (χ1v) is 12.2. The molecular formula is C22H24N6O4S. The lowest BCUT2D eigenvalue weighted by Gasteiger charge is -2.17. The number of amides is 2. The number of benzene rings is 1. The highest BCUT2D eigenvalue weighted by atomic mass is 32.2. The van der Waals surface area contributed by atoms with E-state index in [9.17, 15) is 9.00 Å². The van der Waals surface area contributed by atoms with E-state index in [1.54, 1.807) is 24.1 Å². The van der Waals surface area contributed by atoms with E-state index in [2.05, 4.69) is 25.8 Å². The molecule has 10 nitrogen and oxygen atoms in total. The smallest absolute Gasteiger partial charge is 0.354 e. The monoisotopic (exact) mass is 468 g/mol. The maximum Gasteiger partial charge on any atom is 0.354 e. The second-order valence-corrected chi connectivity index (χ2v) is 9.66. The lowest BCUT2D eigenvalue weighted by molar-refractivity contribution is 0.224. The van der Waals surface area contributed by atoms with Crippen LogP contribution in [0.3, 0.4) is 0 Å². The quantitative estimate of drug-likeness (QED) is 0.604. The number of ether oxygens (including phenoxy) is 2. The van der Waals surface area contributed by atoms with Gasteiger partial charge in [-0.2, -0.15) is 5.10 Å². The number of pyridine rings is 1. The molecule has 0 spiro atoms.